The zero-order valence-electron chi connectivity index (χ0n) is 16.6. The quantitative estimate of drug-likeness (QED) is 0.486. The molecular weight excluding hydrogens is 419 g/mol. The van der Waals surface area contributed by atoms with Crippen LogP contribution in [0.15, 0.2) is 59.6 Å². The molecule has 0 saturated heterocycles. The van der Waals surface area contributed by atoms with Crippen LogP contribution in [-0.2, 0) is 9.53 Å². The van der Waals surface area contributed by atoms with Crippen LogP contribution in [0.4, 0.5) is 13.2 Å². The van der Waals surface area contributed by atoms with Crippen LogP contribution in [0, 0.1) is 17.3 Å². The van der Waals surface area contributed by atoms with Crippen molar-refractivity contribution < 1.29 is 27.4 Å². The minimum absolute atomic E-state index is 0.339. The number of hydrogen-bond acceptors (Lipinski definition) is 4. The van der Waals surface area contributed by atoms with Crippen molar-refractivity contribution in [2.24, 2.45) is 17.3 Å². The van der Waals surface area contributed by atoms with Crippen LogP contribution < -0.4 is 4.74 Å². The molecule has 1 saturated carbocycles. The second-order valence-electron chi connectivity index (χ2n) is 7.73. The first-order valence-electron chi connectivity index (χ1n) is 9.35. The minimum atomic E-state index is -4.63. The van der Waals surface area contributed by atoms with Gasteiger partial charge in [0.05, 0.1) is 11.6 Å². The van der Waals surface area contributed by atoms with Gasteiger partial charge in [-0.1, -0.05) is 55.8 Å². The second kappa shape index (κ2) is 8.30. The first kappa shape index (κ1) is 22.2. The Morgan fingerprint density at radius 2 is 1.83 bits per heavy atom. The van der Waals surface area contributed by atoms with Gasteiger partial charge in [-0.15, -0.1) is 0 Å². The standard InChI is InChI=1S/C22H21ClF3NO3/c1-13(16-10-7-11-18(27-16)30-14-8-5-4-6-9-14)29-20(28)19-15(21(19,2)3)12-17(23)22(24,25)26/h4-13,15,19H,1-3H3/t13?,15-,19+/m0/s1. The molecule has 0 N–H and O–H groups in total. The van der Waals surface area contributed by atoms with E-state index < -0.39 is 40.5 Å². The molecule has 3 atom stereocenters. The third kappa shape index (κ3) is 4.95. The molecule has 3 rings (SSSR count). The SMILES string of the molecule is CC(OC(=O)[C@H]1[C@H](C=C(Cl)C(F)(F)F)C1(C)C)c1cccc(Oc2ccccc2)n1. The summed E-state index contributed by atoms with van der Waals surface area (Å²) in [7, 11) is 0. The summed E-state index contributed by atoms with van der Waals surface area (Å²) in [5, 5.41) is -1.23. The van der Waals surface area contributed by atoms with Crippen molar-refractivity contribution in [1.82, 2.24) is 4.98 Å². The van der Waals surface area contributed by atoms with E-state index in [0.29, 0.717) is 17.3 Å². The van der Waals surface area contributed by atoms with E-state index >= 15 is 0 Å². The summed E-state index contributed by atoms with van der Waals surface area (Å²) < 4.78 is 49.3. The van der Waals surface area contributed by atoms with Crippen LogP contribution in [0.1, 0.15) is 32.6 Å². The third-order valence-corrected chi connectivity index (χ3v) is 5.52. The van der Waals surface area contributed by atoms with Crippen molar-refractivity contribution in [3.8, 4) is 11.6 Å². The maximum atomic E-state index is 12.7. The summed E-state index contributed by atoms with van der Waals surface area (Å²) in [5.74, 6) is -0.989. The number of allylic oxidation sites excluding steroid dienone is 2. The van der Waals surface area contributed by atoms with E-state index in [2.05, 4.69) is 4.98 Å². The number of benzene rings is 1. The molecule has 2 aromatic rings. The van der Waals surface area contributed by atoms with E-state index in [0.717, 1.165) is 6.08 Å². The normalized spacial score (nSPS) is 21.6. The second-order valence-corrected chi connectivity index (χ2v) is 8.14. The van der Waals surface area contributed by atoms with Gasteiger partial charge in [0.1, 0.15) is 16.9 Å². The summed E-state index contributed by atoms with van der Waals surface area (Å²) >= 11 is 5.33. The predicted molar refractivity (Wildman–Crippen MR) is 106 cm³/mol. The van der Waals surface area contributed by atoms with Crippen molar-refractivity contribution in [3.63, 3.8) is 0 Å². The Hall–Kier alpha value is -2.54. The highest BCUT2D eigenvalue weighted by Crippen LogP contribution is 2.60. The molecule has 1 fully saturated rings. The highest BCUT2D eigenvalue weighted by molar-refractivity contribution is 6.30. The van der Waals surface area contributed by atoms with Gasteiger partial charge in [0.2, 0.25) is 5.88 Å². The number of aromatic nitrogens is 1. The zero-order valence-corrected chi connectivity index (χ0v) is 17.4. The fourth-order valence-corrected chi connectivity index (χ4v) is 3.46. The molecule has 8 heteroatoms. The van der Waals surface area contributed by atoms with Crippen molar-refractivity contribution in [1.29, 1.82) is 0 Å². The van der Waals surface area contributed by atoms with Crippen LogP contribution in [0.25, 0.3) is 0 Å². The largest absolute Gasteiger partial charge is 0.456 e. The smallest absolute Gasteiger partial charge is 0.426 e. The summed E-state index contributed by atoms with van der Waals surface area (Å²) in [4.78, 5) is 16.9. The Kier molecular flexibility index (Phi) is 6.13. The van der Waals surface area contributed by atoms with Gasteiger partial charge >= 0.3 is 12.1 Å². The monoisotopic (exact) mass is 439 g/mol. The summed E-state index contributed by atoms with van der Waals surface area (Å²) in [6.07, 6.45) is -4.44. The molecule has 0 radical (unpaired) electrons. The summed E-state index contributed by atoms with van der Waals surface area (Å²) in [6.45, 7) is 5.06. The summed E-state index contributed by atoms with van der Waals surface area (Å²) in [5.41, 5.74) is -0.205. The molecule has 0 amide bonds. The minimum Gasteiger partial charge on any atom is -0.456 e. The number of esters is 1. The number of nitrogens with zero attached hydrogens (tertiary/aromatic N) is 1. The van der Waals surface area contributed by atoms with Crippen LogP contribution in [0.3, 0.4) is 0 Å². The van der Waals surface area contributed by atoms with Crippen molar-refractivity contribution in [2.75, 3.05) is 0 Å². The fourth-order valence-electron chi connectivity index (χ4n) is 3.32. The Labute approximate surface area is 177 Å². The number of carbonyl (C=O) groups excluding carboxylic acids is 1. The lowest BCUT2D eigenvalue weighted by molar-refractivity contribution is -0.151. The molecule has 1 unspecified atom stereocenters. The number of ether oxygens (including phenoxy) is 2. The van der Waals surface area contributed by atoms with Gasteiger partial charge in [-0.05, 0) is 36.5 Å². The number of rotatable bonds is 6. The molecule has 0 aliphatic heterocycles. The van der Waals surface area contributed by atoms with Gasteiger partial charge in [0.25, 0.3) is 0 Å². The maximum Gasteiger partial charge on any atom is 0.426 e. The lowest BCUT2D eigenvalue weighted by atomic mass is 10.1. The molecule has 1 aliphatic carbocycles. The van der Waals surface area contributed by atoms with Crippen LogP contribution >= 0.6 is 11.6 Å². The highest BCUT2D eigenvalue weighted by Gasteiger charge is 2.62. The Morgan fingerprint density at radius 1 is 1.17 bits per heavy atom. The van der Waals surface area contributed by atoms with E-state index in [1.165, 1.54) is 0 Å². The highest BCUT2D eigenvalue weighted by atomic mass is 35.5. The molecule has 0 bridgehead atoms. The predicted octanol–water partition coefficient (Wildman–Crippen LogP) is 6.44. The third-order valence-electron chi connectivity index (χ3n) is 5.18. The van der Waals surface area contributed by atoms with Gasteiger partial charge in [-0.25, -0.2) is 4.98 Å². The van der Waals surface area contributed by atoms with E-state index in [1.807, 2.05) is 18.2 Å². The Balaban J connectivity index is 1.67. The number of hydrogen-bond donors (Lipinski definition) is 0. The zero-order chi connectivity index (χ0) is 22.1. The molecule has 1 aromatic carbocycles. The lowest BCUT2D eigenvalue weighted by Crippen LogP contribution is -2.14. The number of carbonyl (C=O) groups is 1. The first-order chi connectivity index (χ1) is 14.0. The molecule has 1 heterocycles. The van der Waals surface area contributed by atoms with Crippen LogP contribution in [-0.4, -0.2) is 17.1 Å². The van der Waals surface area contributed by atoms with E-state index in [1.54, 1.807) is 51.1 Å². The molecule has 4 nitrogen and oxygen atoms in total. The Bertz CT molecular complexity index is 944. The molecule has 30 heavy (non-hydrogen) atoms. The Morgan fingerprint density at radius 3 is 2.47 bits per heavy atom. The van der Waals surface area contributed by atoms with Crippen molar-refractivity contribution in [2.45, 2.75) is 33.1 Å². The molecule has 1 aliphatic rings. The van der Waals surface area contributed by atoms with E-state index in [9.17, 15) is 18.0 Å². The average molecular weight is 440 g/mol. The van der Waals surface area contributed by atoms with E-state index in [4.69, 9.17) is 21.1 Å². The van der Waals surface area contributed by atoms with Gasteiger partial charge in [-0.2, -0.15) is 13.2 Å². The number of para-hydroxylation sites is 1. The van der Waals surface area contributed by atoms with Gasteiger partial charge in [0.15, 0.2) is 0 Å². The number of halogens is 4. The topological polar surface area (TPSA) is 48.4 Å². The van der Waals surface area contributed by atoms with Gasteiger partial charge < -0.3 is 9.47 Å². The van der Waals surface area contributed by atoms with Crippen molar-refractivity contribution in [3.05, 3.63) is 65.3 Å². The fraction of sp³-hybridized carbons (Fsp3) is 0.364. The van der Waals surface area contributed by atoms with Gasteiger partial charge in [0, 0.05) is 6.07 Å². The van der Waals surface area contributed by atoms with E-state index in [-0.39, 0.29) is 0 Å². The maximum absolute atomic E-state index is 12.7. The number of alkyl halides is 3. The van der Waals surface area contributed by atoms with Gasteiger partial charge in [-0.3, -0.25) is 4.79 Å². The average Bonchev–Trinajstić information content (AvgIpc) is 3.22. The molecule has 1 aromatic heterocycles. The molecular formula is C22H21ClF3NO3. The van der Waals surface area contributed by atoms with Crippen molar-refractivity contribution >= 4 is 17.6 Å². The number of pyridine rings is 1. The summed E-state index contributed by atoms with van der Waals surface area (Å²) in [6, 6.07) is 14.2. The molecule has 160 valence electrons. The van der Waals surface area contributed by atoms with Crippen LogP contribution in [0.5, 0.6) is 11.6 Å². The molecule has 0 spiro atoms. The first-order valence-corrected chi connectivity index (χ1v) is 9.73. The van der Waals surface area contributed by atoms with Crippen LogP contribution in [0.2, 0.25) is 0 Å². The lowest BCUT2D eigenvalue weighted by Gasteiger charge is -2.14.